The fourth-order valence-corrected chi connectivity index (χ4v) is 4.18. The Bertz CT molecular complexity index is 1170. The molecule has 0 radical (unpaired) electrons. The van der Waals surface area contributed by atoms with Gasteiger partial charge in [-0.1, -0.05) is 42.5 Å². The maximum absolute atomic E-state index is 13.2. The van der Waals surface area contributed by atoms with Crippen molar-refractivity contribution < 1.29 is 47.7 Å². The molecule has 0 aliphatic carbocycles. The molecule has 2 aromatic carbocycles. The summed E-state index contributed by atoms with van der Waals surface area (Å²) >= 11 is 0. The topological polar surface area (TPSA) is 144 Å². The van der Waals surface area contributed by atoms with Crippen molar-refractivity contribution in [2.45, 2.75) is 64.8 Å². The second kappa shape index (κ2) is 12.3. The molecule has 1 fully saturated rings. The number of hydrogen-bond acceptors (Lipinski definition) is 10. The van der Waals surface area contributed by atoms with Crippen LogP contribution in [0.25, 0.3) is 10.8 Å². The van der Waals surface area contributed by atoms with Crippen LogP contribution in [-0.2, 0) is 54.1 Å². The van der Waals surface area contributed by atoms with Gasteiger partial charge in [-0.05, 0) is 16.3 Å². The maximum atomic E-state index is 13.2. The largest absolute Gasteiger partial charge is 0.463 e. The number of carbonyl (C=O) groups is 5. The quantitative estimate of drug-likeness (QED) is 0.406. The van der Waals surface area contributed by atoms with E-state index in [-0.39, 0.29) is 13.0 Å². The summed E-state index contributed by atoms with van der Waals surface area (Å²) in [5.74, 6) is -3.34. The van der Waals surface area contributed by atoms with Crippen LogP contribution >= 0.6 is 0 Å². The molecule has 1 aliphatic heterocycles. The first-order valence-corrected chi connectivity index (χ1v) is 11.6. The van der Waals surface area contributed by atoms with Crippen molar-refractivity contribution in [3.05, 3.63) is 48.0 Å². The number of esters is 4. The third kappa shape index (κ3) is 7.50. The third-order valence-corrected chi connectivity index (χ3v) is 5.54. The number of carbonyl (C=O) groups excluding carboxylic acids is 5. The molecule has 11 heteroatoms. The van der Waals surface area contributed by atoms with Crippen molar-refractivity contribution in [1.29, 1.82) is 0 Å². The molecule has 0 saturated carbocycles. The number of hydrogen-bond donors (Lipinski definition) is 1. The lowest BCUT2D eigenvalue weighted by molar-refractivity contribution is -0.271. The van der Waals surface area contributed by atoms with Gasteiger partial charge in [0.1, 0.15) is 18.8 Å². The Morgan fingerprint density at radius 2 is 1.41 bits per heavy atom. The molecule has 0 unspecified atom stereocenters. The minimum absolute atomic E-state index is 0.0491. The van der Waals surface area contributed by atoms with E-state index < -0.39 is 60.4 Å². The van der Waals surface area contributed by atoms with Gasteiger partial charge in [-0.15, -0.1) is 0 Å². The molecule has 198 valence electrons. The smallest absolute Gasteiger partial charge is 0.305 e. The van der Waals surface area contributed by atoms with E-state index in [0.29, 0.717) is 0 Å². The lowest BCUT2D eigenvalue weighted by atomic mass is 9.95. The van der Waals surface area contributed by atoms with Crippen LogP contribution in [0.3, 0.4) is 0 Å². The first-order chi connectivity index (χ1) is 17.5. The molecule has 11 nitrogen and oxygen atoms in total. The zero-order valence-corrected chi connectivity index (χ0v) is 20.9. The molecule has 0 bridgehead atoms. The Morgan fingerprint density at radius 1 is 0.784 bits per heavy atom. The normalized spacial score (nSPS) is 23.0. The van der Waals surface area contributed by atoms with Crippen LogP contribution in [0.5, 0.6) is 0 Å². The fraction of sp³-hybridized carbons (Fsp3) is 0.423. The van der Waals surface area contributed by atoms with Gasteiger partial charge in [-0.25, -0.2) is 0 Å². The van der Waals surface area contributed by atoms with E-state index in [9.17, 15) is 24.0 Å². The van der Waals surface area contributed by atoms with Gasteiger partial charge in [0, 0.05) is 27.7 Å². The van der Waals surface area contributed by atoms with E-state index in [4.69, 9.17) is 23.7 Å². The fourth-order valence-electron chi connectivity index (χ4n) is 4.18. The molecule has 0 spiro atoms. The van der Waals surface area contributed by atoms with Crippen molar-refractivity contribution >= 4 is 40.6 Å². The molecule has 1 saturated heterocycles. The van der Waals surface area contributed by atoms with Crippen molar-refractivity contribution in [3.63, 3.8) is 0 Å². The molecule has 0 aromatic heterocycles. The lowest BCUT2D eigenvalue weighted by Gasteiger charge is -2.44. The lowest BCUT2D eigenvalue weighted by Crippen LogP contribution is -2.67. The van der Waals surface area contributed by atoms with Crippen LogP contribution in [0, 0.1) is 0 Å². The summed E-state index contributed by atoms with van der Waals surface area (Å²) in [4.78, 5) is 60.3. The SMILES string of the molecule is CC(=O)OC[C@@H]1O[C@H](OC(C)=O)[C@H](NC(=O)Cc2cccc3ccccc23)[C@@H](OC(C)=O)[C@H]1OC(C)=O. The molecule has 2 aromatic rings. The van der Waals surface area contributed by atoms with Crippen LogP contribution in [0.1, 0.15) is 33.3 Å². The van der Waals surface area contributed by atoms with Crippen LogP contribution in [0.15, 0.2) is 42.5 Å². The Morgan fingerprint density at radius 3 is 2.05 bits per heavy atom. The predicted molar refractivity (Wildman–Crippen MR) is 128 cm³/mol. The number of rotatable bonds is 8. The van der Waals surface area contributed by atoms with Gasteiger partial charge < -0.3 is 29.0 Å². The molecular formula is C26H29NO10. The number of benzene rings is 2. The Labute approximate surface area is 213 Å². The summed E-state index contributed by atoms with van der Waals surface area (Å²) in [7, 11) is 0. The van der Waals surface area contributed by atoms with Crippen LogP contribution in [0.2, 0.25) is 0 Å². The van der Waals surface area contributed by atoms with Crippen LogP contribution in [0.4, 0.5) is 0 Å². The molecule has 5 atom stereocenters. The van der Waals surface area contributed by atoms with E-state index in [2.05, 4.69) is 5.32 Å². The van der Waals surface area contributed by atoms with E-state index in [1.54, 1.807) is 0 Å². The van der Waals surface area contributed by atoms with Crippen LogP contribution in [-0.4, -0.2) is 67.0 Å². The van der Waals surface area contributed by atoms with Crippen LogP contribution < -0.4 is 5.32 Å². The maximum Gasteiger partial charge on any atom is 0.305 e. The zero-order valence-electron chi connectivity index (χ0n) is 20.9. The summed E-state index contributed by atoms with van der Waals surface area (Å²) in [5.41, 5.74) is 0.740. The Kier molecular flexibility index (Phi) is 9.18. The first-order valence-electron chi connectivity index (χ1n) is 11.6. The minimum Gasteiger partial charge on any atom is -0.463 e. The molecule has 1 aliphatic rings. The number of ether oxygens (including phenoxy) is 5. The molecular weight excluding hydrogens is 486 g/mol. The van der Waals surface area contributed by atoms with Crippen molar-refractivity contribution in [2.24, 2.45) is 0 Å². The van der Waals surface area contributed by atoms with E-state index in [0.717, 1.165) is 37.1 Å². The van der Waals surface area contributed by atoms with Crippen molar-refractivity contribution in [2.75, 3.05) is 6.61 Å². The van der Waals surface area contributed by atoms with Gasteiger partial charge in [0.05, 0.1) is 6.42 Å². The standard InChI is InChI=1S/C26H29NO10/c1-14(28)33-13-21-24(34-15(2)29)25(35-16(3)30)23(26(37-21)36-17(4)31)27-22(32)12-19-10-7-9-18-8-5-6-11-20(18)19/h5-11,21,23-26H,12-13H2,1-4H3,(H,27,32)/t21-,23+,24-,25+,26-/m0/s1. The van der Waals surface area contributed by atoms with Gasteiger partial charge in [0.15, 0.2) is 12.2 Å². The monoisotopic (exact) mass is 515 g/mol. The van der Waals surface area contributed by atoms with Gasteiger partial charge >= 0.3 is 23.9 Å². The summed E-state index contributed by atoms with van der Waals surface area (Å²) in [6.45, 7) is 4.20. The van der Waals surface area contributed by atoms with E-state index >= 15 is 0 Å². The highest BCUT2D eigenvalue weighted by Crippen LogP contribution is 2.28. The summed E-state index contributed by atoms with van der Waals surface area (Å²) in [6.07, 6.45) is -5.25. The molecule has 1 heterocycles. The highest BCUT2D eigenvalue weighted by molar-refractivity contribution is 5.90. The zero-order chi connectivity index (χ0) is 27.1. The molecule has 3 rings (SSSR count). The van der Waals surface area contributed by atoms with Crippen molar-refractivity contribution in [3.8, 4) is 0 Å². The number of amides is 1. The molecule has 1 amide bonds. The Hall–Kier alpha value is -3.99. The van der Waals surface area contributed by atoms with Gasteiger partial charge in [0.25, 0.3) is 0 Å². The van der Waals surface area contributed by atoms with Gasteiger partial charge in [-0.3, -0.25) is 24.0 Å². The van der Waals surface area contributed by atoms with E-state index in [1.807, 2.05) is 42.5 Å². The Balaban J connectivity index is 1.93. The molecule has 37 heavy (non-hydrogen) atoms. The second-order valence-electron chi connectivity index (χ2n) is 8.51. The summed E-state index contributed by atoms with van der Waals surface area (Å²) in [5, 5.41) is 4.55. The summed E-state index contributed by atoms with van der Waals surface area (Å²) < 4.78 is 26.9. The van der Waals surface area contributed by atoms with Gasteiger partial charge in [-0.2, -0.15) is 0 Å². The minimum atomic E-state index is -1.44. The highest BCUT2D eigenvalue weighted by atomic mass is 16.7. The summed E-state index contributed by atoms with van der Waals surface area (Å²) in [6, 6.07) is 11.9. The second-order valence-corrected chi connectivity index (χ2v) is 8.51. The predicted octanol–water partition coefficient (Wildman–Crippen LogP) is 1.58. The third-order valence-electron chi connectivity index (χ3n) is 5.54. The molecule has 1 N–H and O–H groups in total. The number of nitrogens with one attached hydrogen (secondary N) is 1. The number of fused-ring (bicyclic) bond motifs is 1. The van der Waals surface area contributed by atoms with Crippen molar-refractivity contribution in [1.82, 2.24) is 5.32 Å². The highest BCUT2D eigenvalue weighted by Gasteiger charge is 2.52. The van der Waals surface area contributed by atoms with Gasteiger partial charge in [0.2, 0.25) is 12.2 Å². The van der Waals surface area contributed by atoms with E-state index in [1.165, 1.54) is 6.92 Å². The average Bonchev–Trinajstić information content (AvgIpc) is 2.81. The average molecular weight is 516 g/mol. The first kappa shape index (κ1) is 27.6.